The van der Waals surface area contributed by atoms with Crippen LogP contribution in [0.1, 0.15) is 16.7 Å². The van der Waals surface area contributed by atoms with Crippen LogP contribution in [-0.2, 0) is 11.3 Å². The van der Waals surface area contributed by atoms with Crippen molar-refractivity contribution in [1.29, 1.82) is 0 Å². The normalized spacial score (nSPS) is 11.2. The highest BCUT2D eigenvalue weighted by Gasteiger charge is 2.19. The molecule has 0 aliphatic carbocycles. The number of hydrogen-bond donors (Lipinski definition) is 1. The molecule has 36 heavy (non-hydrogen) atoms. The number of para-hydroxylation sites is 1. The van der Waals surface area contributed by atoms with Crippen molar-refractivity contribution in [3.63, 3.8) is 0 Å². The summed E-state index contributed by atoms with van der Waals surface area (Å²) in [5, 5.41) is 4.15. The molecule has 0 fully saturated rings. The topological polar surface area (TPSA) is 86.4 Å². The van der Waals surface area contributed by atoms with Crippen LogP contribution in [0.5, 0.6) is 5.75 Å². The number of hydrogen-bond acceptors (Lipinski definition) is 6. The lowest BCUT2D eigenvalue weighted by atomic mass is 10.1. The van der Waals surface area contributed by atoms with E-state index in [1.165, 1.54) is 11.8 Å². The van der Waals surface area contributed by atoms with E-state index in [4.69, 9.17) is 14.1 Å². The van der Waals surface area contributed by atoms with Gasteiger partial charge < -0.3 is 14.5 Å². The number of aryl methyl sites for hydroxylation is 2. The predicted molar refractivity (Wildman–Crippen MR) is 143 cm³/mol. The van der Waals surface area contributed by atoms with Gasteiger partial charge in [-0.05, 0) is 66.9 Å². The highest BCUT2D eigenvalue weighted by molar-refractivity contribution is 7.99. The number of fused-ring (bicyclic) bond motifs is 3. The quantitative estimate of drug-likeness (QED) is 0.234. The van der Waals surface area contributed by atoms with Crippen molar-refractivity contribution in [3.05, 3.63) is 93.8 Å². The molecule has 2 aromatic heterocycles. The molecule has 5 aromatic rings. The van der Waals surface area contributed by atoms with Crippen LogP contribution >= 0.6 is 11.8 Å². The van der Waals surface area contributed by atoms with Gasteiger partial charge in [0.05, 0.1) is 19.4 Å². The SMILES string of the molecule is COc1cccc(Cn2c(SCC(=O)Nc3cc(C)cc(C)c3)nc3c(oc4ccccc43)c2=O)c1. The third-order valence-electron chi connectivity index (χ3n) is 5.76. The van der Waals surface area contributed by atoms with Crippen molar-refractivity contribution in [2.45, 2.75) is 25.5 Å². The predicted octanol–water partition coefficient (Wildman–Crippen LogP) is 5.55. The third-order valence-corrected chi connectivity index (χ3v) is 6.74. The second-order valence-electron chi connectivity index (χ2n) is 8.63. The molecule has 0 spiro atoms. The minimum Gasteiger partial charge on any atom is -0.497 e. The molecule has 0 radical (unpaired) electrons. The van der Waals surface area contributed by atoms with Gasteiger partial charge in [-0.2, -0.15) is 0 Å². The highest BCUT2D eigenvalue weighted by Crippen LogP contribution is 2.28. The maximum atomic E-state index is 13.6. The van der Waals surface area contributed by atoms with Gasteiger partial charge in [0.25, 0.3) is 5.56 Å². The van der Waals surface area contributed by atoms with Gasteiger partial charge in [0, 0.05) is 11.1 Å². The average molecular weight is 500 g/mol. The van der Waals surface area contributed by atoms with E-state index in [-0.39, 0.29) is 29.3 Å². The average Bonchev–Trinajstić information content (AvgIpc) is 3.23. The number of ether oxygens (including phenoxy) is 1. The summed E-state index contributed by atoms with van der Waals surface area (Å²) < 4.78 is 12.8. The number of carbonyl (C=O) groups excluding carboxylic acids is 1. The third kappa shape index (κ3) is 4.85. The molecule has 5 rings (SSSR count). The molecular formula is C28H25N3O4S. The first-order chi connectivity index (χ1) is 17.4. The largest absolute Gasteiger partial charge is 0.497 e. The van der Waals surface area contributed by atoms with Crippen LogP contribution in [0.4, 0.5) is 5.69 Å². The molecule has 2 heterocycles. The molecule has 0 saturated carbocycles. The standard InChI is InChI=1S/C28H25N3O4S/c1-17-11-18(2)13-20(12-17)29-24(32)16-36-28-30-25-22-9-4-5-10-23(22)35-26(25)27(33)31(28)15-19-7-6-8-21(14-19)34-3/h4-14H,15-16H2,1-3H3,(H,29,32). The summed E-state index contributed by atoms with van der Waals surface area (Å²) in [6, 6.07) is 20.8. The van der Waals surface area contributed by atoms with Crippen LogP contribution in [0.25, 0.3) is 22.1 Å². The summed E-state index contributed by atoms with van der Waals surface area (Å²) in [5.74, 6) is 0.614. The van der Waals surface area contributed by atoms with Crippen LogP contribution in [0, 0.1) is 13.8 Å². The zero-order valence-electron chi connectivity index (χ0n) is 20.2. The van der Waals surface area contributed by atoms with Gasteiger partial charge in [-0.1, -0.05) is 42.1 Å². The number of amides is 1. The van der Waals surface area contributed by atoms with Gasteiger partial charge in [-0.25, -0.2) is 4.98 Å². The number of benzene rings is 3. The molecule has 1 amide bonds. The van der Waals surface area contributed by atoms with Gasteiger partial charge in [0.1, 0.15) is 16.8 Å². The van der Waals surface area contributed by atoms with Crippen LogP contribution in [0.2, 0.25) is 0 Å². The van der Waals surface area contributed by atoms with Crippen molar-refractivity contribution in [3.8, 4) is 5.75 Å². The first-order valence-electron chi connectivity index (χ1n) is 11.5. The molecule has 1 N–H and O–H groups in total. The highest BCUT2D eigenvalue weighted by atomic mass is 32.2. The molecule has 0 aliphatic heterocycles. The minimum absolute atomic E-state index is 0.0961. The Bertz CT molecular complexity index is 1630. The number of methoxy groups -OCH3 is 1. The molecule has 0 unspecified atom stereocenters. The lowest BCUT2D eigenvalue weighted by molar-refractivity contribution is -0.113. The molecule has 0 atom stereocenters. The van der Waals surface area contributed by atoms with E-state index in [9.17, 15) is 9.59 Å². The Morgan fingerprint density at radius 1 is 1.06 bits per heavy atom. The van der Waals surface area contributed by atoms with Gasteiger partial charge in [0.2, 0.25) is 11.5 Å². The molecule has 0 aliphatic rings. The van der Waals surface area contributed by atoms with Gasteiger partial charge >= 0.3 is 0 Å². The van der Waals surface area contributed by atoms with E-state index in [0.29, 0.717) is 22.0 Å². The van der Waals surface area contributed by atoms with E-state index >= 15 is 0 Å². The summed E-state index contributed by atoms with van der Waals surface area (Å²) >= 11 is 1.22. The van der Waals surface area contributed by atoms with Gasteiger partial charge in [-0.3, -0.25) is 14.2 Å². The summed E-state index contributed by atoms with van der Waals surface area (Å²) in [4.78, 5) is 31.2. The molecule has 3 aromatic carbocycles. The Hall–Kier alpha value is -4.04. The summed E-state index contributed by atoms with van der Waals surface area (Å²) in [6.45, 7) is 4.24. The summed E-state index contributed by atoms with van der Waals surface area (Å²) in [5.41, 5.74) is 4.76. The maximum Gasteiger partial charge on any atom is 0.298 e. The molecular weight excluding hydrogens is 474 g/mol. The lowest BCUT2D eigenvalue weighted by Crippen LogP contribution is -2.24. The van der Waals surface area contributed by atoms with E-state index in [1.807, 2.05) is 74.5 Å². The number of furan rings is 1. The van der Waals surface area contributed by atoms with Gasteiger partial charge in [-0.15, -0.1) is 0 Å². The first-order valence-corrected chi connectivity index (χ1v) is 12.5. The van der Waals surface area contributed by atoms with Crippen LogP contribution in [0.15, 0.2) is 81.1 Å². The Balaban J connectivity index is 1.51. The minimum atomic E-state index is -0.295. The zero-order chi connectivity index (χ0) is 25.2. The van der Waals surface area contributed by atoms with Crippen molar-refractivity contribution < 1.29 is 13.9 Å². The van der Waals surface area contributed by atoms with Gasteiger partial charge in [0.15, 0.2) is 5.16 Å². The number of aromatic nitrogens is 2. The number of nitrogens with one attached hydrogen (secondary N) is 1. The number of rotatable bonds is 7. The molecule has 182 valence electrons. The lowest BCUT2D eigenvalue weighted by Gasteiger charge is -2.13. The summed E-state index contributed by atoms with van der Waals surface area (Å²) in [6.07, 6.45) is 0. The maximum absolute atomic E-state index is 13.6. The Morgan fingerprint density at radius 3 is 2.61 bits per heavy atom. The van der Waals surface area contributed by atoms with Crippen LogP contribution < -0.4 is 15.6 Å². The molecule has 8 heteroatoms. The number of thioether (sulfide) groups is 1. The molecule has 0 saturated heterocycles. The van der Waals surface area contributed by atoms with Crippen molar-refractivity contribution >= 4 is 45.4 Å². The molecule has 0 bridgehead atoms. The Kier molecular flexibility index (Phi) is 6.52. The fourth-order valence-electron chi connectivity index (χ4n) is 4.23. The molecule has 7 nitrogen and oxygen atoms in total. The van der Waals surface area contributed by atoms with E-state index < -0.39 is 0 Å². The van der Waals surface area contributed by atoms with Crippen molar-refractivity contribution in [1.82, 2.24) is 9.55 Å². The number of anilines is 1. The first kappa shape index (κ1) is 23.7. The van der Waals surface area contributed by atoms with Crippen LogP contribution in [-0.4, -0.2) is 28.3 Å². The summed E-state index contributed by atoms with van der Waals surface area (Å²) in [7, 11) is 1.60. The van der Waals surface area contributed by atoms with E-state index in [1.54, 1.807) is 11.7 Å². The fraction of sp³-hybridized carbons (Fsp3) is 0.179. The van der Waals surface area contributed by atoms with Crippen molar-refractivity contribution in [2.24, 2.45) is 0 Å². The Morgan fingerprint density at radius 2 is 1.83 bits per heavy atom. The van der Waals surface area contributed by atoms with Crippen LogP contribution in [0.3, 0.4) is 0 Å². The fourth-order valence-corrected chi connectivity index (χ4v) is 5.02. The van der Waals surface area contributed by atoms with Crippen molar-refractivity contribution in [2.75, 3.05) is 18.2 Å². The van der Waals surface area contributed by atoms with E-state index in [2.05, 4.69) is 11.4 Å². The number of carbonyl (C=O) groups is 1. The second kappa shape index (κ2) is 9.91. The number of nitrogens with zero attached hydrogens (tertiary/aromatic N) is 2. The monoisotopic (exact) mass is 499 g/mol. The second-order valence-corrected chi connectivity index (χ2v) is 9.57. The smallest absolute Gasteiger partial charge is 0.298 e. The zero-order valence-corrected chi connectivity index (χ0v) is 21.0. The van der Waals surface area contributed by atoms with E-state index in [0.717, 1.165) is 27.8 Å². The Labute approximate surface area is 212 Å².